The van der Waals surface area contributed by atoms with Gasteiger partial charge in [0.2, 0.25) is 0 Å². The number of likely N-dealkylation sites (N-methyl/N-ethyl adjacent to an activating group) is 1. The summed E-state index contributed by atoms with van der Waals surface area (Å²) in [6.45, 7) is 4.23. The molecule has 0 amide bonds. The molecule has 0 radical (unpaired) electrons. The minimum Gasteiger partial charge on any atom is -0.756 e. The van der Waals surface area contributed by atoms with E-state index >= 15 is 0 Å². The van der Waals surface area contributed by atoms with Crippen LogP contribution in [0.3, 0.4) is 0 Å². The Bertz CT molecular complexity index is 1230. The van der Waals surface area contributed by atoms with Gasteiger partial charge in [-0.1, -0.05) is 237 Å². The molecule has 0 aromatic rings. The molecule has 67 heavy (non-hydrogen) atoms. The van der Waals surface area contributed by atoms with Gasteiger partial charge in [-0.3, -0.25) is 14.2 Å². The van der Waals surface area contributed by atoms with Gasteiger partial charge >= 0.3 is 11.9 Å². The zero-order chi connectivity index (χ0) is 49.2. The van der Waals surface area contributed by atoms with E-state index in [0.717, 1.165) is 70.6 Å². The third-order valence-corrected chi connectivity index (χ3v) is 13.4. The number of carbonyl (C=O) groups excluding carboxylic acids is 2. The molecule has 0 spiro atoms. The number of carbonyl (C=O) groups is 2. The molecule has 0 saturated heterocycles. The Kier molecular flexibility index (Phi) is 47.9. The molecule has 0 aliphatic carbocycles. The van der Waals surface area contributed by atoms with Gasteiger partial charge in [0.15, 0.2) is 6.10 Å². The fraction of sp³-hybridized carbons (Fsp3) is 0.860. The van der Waals surface area contributed by atoms with Crippen LogP contribution in [0.15, 0.2) is 36.5 Å². The first-order valence-electron chi connectivity index (χ1n) is 28.2. The molecule has 2 atom stereocenters. The van der Waals surface area contributed by atoms with Gasteiger partial charge in [0.05, 0.1) is 27.7 Å². The molecule has 0 aromatic carbocycles. The second kappa shape index (κ2) is 49.2. The van der Waals surface area contributed by atoms with Crippen LogP contribution in [-0.4, -0.2) is 70.0 Å². The molecule has 0 N–H and O–H groups in total. The highest BCUT2D eigenvalue weighted by Gasteiger charge is 2.21. The van der Waals surface area contributed by atoms with Crippen molar-refractivity contribution in [3.05, 3.63) is 36.5 Å². The lowest BCUT2D eigenvalue weighted by atomic mass is 10.0. The summed E-state index contributed by atoms with van der Waals surface area (Å²) >= 11 is 0. The van der Waals surface area contributed by atoms with Gasteiger partial charge in [0, 0.05) is 12.8 Å². The van der Waals surface area contributed by atoms with Crippen LogP contribution < -0.4 is 4.89 Å². The maximum Gasteiger partial charge on any atom is 0.306 e. The normalized spacial score (nSPS) is 13.6. The summed E-state index contributed by atoms with van der Waals surface area (Å²) in [6.07, 6.45) is 59.0. The molecule has 0 rings (SSSR count). The minimum atomic E-state index is -4.64. The molecule has 0 heterocycles. The third kappa shape index (κ3) is 53.4. The molecular formula is C57H108NO8P. The molecule has 10 heteroatoms. The van der Waals surface area contributed by atoms with E-state index in [9.17, 15) is 19.0 Å². The van der Waals surface area contributed by atoms with E-state index in [4.69, 9.17) is 18.5 Å². The average Bonchev–Trinajstić information content (AvgIpc) is 3.29. The zero-order valence-electron chi connectivity index (χ0n) is 44.6. The van der Waals surface area contributed by atoms with Crippen LogP contribution in [0, 0.1) is 0 Å². The fourth-order valence-electron chi connectivity index (χ4n) is 8.02. The third-order valence-electron chi connectivity index (χ3n) is 12.4. The number of hydrogen-bond acceptors (Lipinski definition) is 8. The smallest absolute Gasteiger partial charge is 0.306 e. The van der Waals surface area contributed by atoms with Crippen LogP contribution in [0.25, 0.3) is 0 Å². The average molecular weight is 966 g/mol. The molecule has 0 aromatic heterocycles. The number of hydrogen-bond donors (Lipinski definition) is 0. The molecule has 0 aliphatic rings. The van der Waals surface area contributed by atoms with Crippen molar-refractivity contribution in [3.8, 4) is 0 Å². The molecule has 394 valence electrons. The van der Waals surface area contributed by atoms with Gasteiger partial charge in [-0.05, 0) is 51.4 Å². The van der Waals surface area contributed by atoms with E-state index < -0.39 is 26.5 Å². The Balaban J connectivity index is 4.16. The number of rotatable bonds is 52. The van der Waals surface area contributed by atoms with Crippen molar-refractivity contribution >= 4 is 19.8 Å². The van der Waals surface area contributed by atoms with Crippen molar-refractivity contribution in [1.29, 1.82) is 0 Å². The highest BCUT2D eigenvalue weighted by molar-refractivity contribution is 7.45. The van der Waals surface area contributed by atoms with E-state index in [1.807, 2.05) is 21.1 Å². The van der Waals surface area contributed by atoms with E-state index in [-0.39, 0.29) is 32.0 Å². The first-order valence-corrected chi connectivity index (χ1v) is 29.7. The molecule has 0 bridgehead atoms. The van der Waals surface area contributed by atoms with E-state index in [1.165, 1.54) is 161 Å². The number of phosphoric acid groups is 1. The molecule has 9 nitrogen and oxygen atoms in total. The highest BCUT2D eigenvalue weighted by atomic mass is 31.2. The predicted molar refractivity (Wildman–Crippen MR) is 282 cm³/mol. The van der Waals surface area contributed by atoms with Gasteiger partial charge in [0.1, 0.15) is 19.8 Å². The Morgan fingerprint density at radius 1 is 0.463 bits per heavy atom. The van der Waals surface area contributed by atoms with Gasteiger partial charge in [-0.15, -0.1) is 0 Å². The maximum atomic E-state index is 12.8. The van der Waals surface area contributed by atoms with Gasteiger partial charge in [-0.2, -0.15) is 0 Å². The summed E-state index contributed by atoms with van der Waals surface area (Å²) in [6, 6.07) is 0. The number of nitrogens with zero attached hydrogens (tertiary/aromatic N) is 1. The zero-order valence-corrected chi connectivity index (χ0v) is 45.5. The fourth-order valence-corrected chi connectivity index (χ4v) is 8.75. The van der Waals surface area contributed by atoms with E-state index in [2.05, 4.69) is 50.3 Å². The number of quaternary nitrogens is 1. The second-order valence-electron chi connectivity index (χ2n) is 20.3. The Morgan fingerprint density at radius 3 is 1.22 bits per heavy atom. The van der Waals surface area contributed by atoms with Gasteiger partial charge in [-0.25, -0.2) is 0 Å². The highest BCUT2D eigenvalue weighted by Crippen LogP contribution is 2.38. The lowest BCUT2D eigenvalue weighted by molar-refractivity contribution is -0.870. The summed E-state index contributed by atoms with van der Waals surface area (Å²) in [4.78, 5) is 37.8. The standard InChI is InChI=1S/C57H108NO8P/c1-6-8-10-12-14-16-18-20-22-24-26-27-28-29-30-32-33-35-37-39-41-43-45-47-49-56(59)63-53-55(54-65-67(61,62)64-52-51-58(3,4)5)66-57(60)50-48-46-44-42-40-38-36-34-31-25-23-21-19-17-15-13-11-9-7-2/h15,17,21,23,31,34,55H,6-14,16,18-20,22,24-30,32-33,35-54H2,1-5H3/b17-15-,23-21-,34-31-. The van der Waals surface area contributed by atoms with Crippen molar-refractivity contribution in [2.75, 3.05) is 47.5 Å². The first-order chi connectivity index (χ1) is 32.5. The number of allylic oxidation sites excluding steroid dienone is 6. The van der Waals surface area contributed by atoms with Gasteiger partial charge < -0.3 is 27.9 Å². The van der Waals surface area contributed by atoms with Crippen molar-refractivity contribution in [2.45, 2.75) is 270 Å². The van der Waals surface area contributed by atoms with Crippen LogP contribution in [-0.2, 0) is 32.7 Å². The largest absolute Gasteiger partial charge is 0.756 e. The molecule has 0 saturated carbocycles. The van der Waals surface area contributed by atoms with Gasteiger partial charge in [0.25, 0.3) is 7.82 Å². The van der Waals surface area contributed by atoms with Crippen molar-refractivity contribution in [2.24, 2.45) is 0 Å². The molecular weight excluding hydrogens is 858 g/mol. The number of ether oxygens (including phenoxy) is 2. The van der Waals surface area contributed by atoms with E-state index in [1.54, 1.807) is 0 Å². The Hall–Kier alpha value is -1.77. The van der Waals surface area contributed by atoms with Crippen molar-refractivity contribution < 1.29 is 42.1 Å². The number of esters is 2. The van der Waals surface area contributed by atoms with Crippen molar-refractivity contribution in [3.63, 3.8) is 0 Å². The van der Waals surface area contributed by atoms with Crippen LogP contribution in [0.4, 0.5) is 0 Å². The van der Waals surface area contributed by atoms with Crippen LogP contribution >= 0.6 is 7.82 Å². The summed E-state index contributed by atoms with van der Waals surface area (Å²) in [5, 5.41) is 0. The monoisotopic (exact) mass is 966 g/mol. The van der Waals surface area contributed by atoms with Crippen LogP contribution in [0.1, 0.15) is 264 Å². The Labute approximate surface area is 414 Å². The summed E-state index contributed by atoms with van der Waals surface area (Å²) < 4.78 is 34.1. The predicted octanol–water partition coefficient (Wildman–Crippen LogP) is 16.6. The quantitative estimate of drug-likeness (QED) is 0.0195. The molecule has 2 unspecified atom stereocenters. The number of phosphoric ester groups is 1. The number of unbranched alkanes of at least 4 members (excludes halogenated alkanes) is 32. The lowest BCUT2D eigenvalue weighted by Gasteiger charge is -2.28. The summed E-state index contributed by atoms with van der Waals surface area (Å²) in [7, 11) is 1.16. The second-order valence-corrected chi connectivity index (χ2v) is 21.7. The maximum absolute atomic E-state index is 12.8. The molecule has 0 fully saturated rings. The lowest BCUT2D eigenvalue weighted by Crippen LogP contribution is -2.37. The van der Waals surface area contributed by atoms with Crippen LogP contribution in [0.5, 0.6) is 0 Å². The molecule has 0 aliphatic heterocycles. The first kappa shape index (κ1) is 65.2. The minimum absolute atomic E-state index is 0.0326. The summed E-state index contributed by atoms with van der Waals surface area (Å²) in [5.41, 5.74) is 0. The summed E-state index contributed by atoms with van der Waals surface area (Å²) in [5.74, 6) is -0.836. The van der Waals surface area contributed by atoms with E-state index in [0.29, 0.717) is 17.4 Å². The Morgan fingerprint density at radius 2 is 0.806 bits per heavy atom. The SMILES string of the molecule is CCCCC/C=C\C/C=C\C/C=C\CCCCCCCCC(=O)OC(COC(=O)CCCCCCCCCCCCCCCCCCCCCCCCCC)COP(=O)([O-])OCC[N+](C)(C)C. The topological polar surface area (TPSA) is 111 Å². The van der Waals surface area contributed by atoms with Crippen LogP contribution in [0.2, 0.25) is 0 Å². The van der Waals surface area contributed by atoms with Crippen molar-refractivity contribution in [1.82, 2.24) is 0 Å².